The Morgan fingerprint density at radius 3 is 2.45 bits per heavy atom. The number of nitrogens with one attached hydrogen (secondary N) is 2. The quantitative estimate of drug-likeness (QED) is 0.658. The smallest absolute Gasteiger partial charge is 0.339 e. The summed E-state index contributed by atoms with van der Waals surface area (Å²) < 4.78 is 10.3. The Balaban J connectivity index is 1.93. The van der Waals surface area contributed by atoms with Crippen molar-refractivity contribution in [3.63, 3.8) is 0 Å². The molecular formula is C16H17N3O3. The van der Waals surface area contributed by atoms with Crippen LogP contribution in [0.1, 0.15) is 5.56 Å². The van der Waals surface area contributed by atoms with E-state index < -0.39 is 6.03 Å². The minimum absolute atomic E-state index is 0.414. The van der Waals surface area contributed by atoms with Gasteiger partial charge in [0.2, 0.25) is 0 Å². The third-order valence-corrected chi connectivity index (χ3v) is 2.82. The Labute approximate surface area is 128 Å². The van der Waals surface area contributed by atoms with Crippen molar-refractivity contribution < 1.29 is 14.3 Å². The van der Waals surface area contributed by atoms with Gasteiger partial charge in [0.05, 0.1) is 20.4 Å². The molecule has 6 heteroatoms. The summed E-state index contributed by atoms with van der Waals surface area (Å²) in [5, 5.41) is 6.55. The van der Waals surface area contributed by atoms with E-state index in [1.165, 1.54) is 6.21 Å². The normalized spacial score (nSPS) is 10.3. The van der Waals surface area contributed by atoms with Crippen LogP contribution in [0.15, 0.2) is 53.6 Å². The number of carbonyl (C=O) groups excluding carboxylic acids is 1. The van der Waals surface area contributed by atoms with Gasteiger partial charge in [0.15, 0.2) is 11.5 Å². The van der Waals surface area contributed by atoms with Crippen LogP contribution in [-0.4, -0.2) is 26.5 Å². The van der Waals surface area contributed by atoms with Gasteiger partial charge in [0.1, 0.15) is 0 Å². The molecule has 2 aromatic carbocycles. The second-order valence-corrected chi connectivity index (χ2v) is 4.30. The number of hydrogen-bond donors (Lipinski definition) is 2. The van der Waals surface area contributed by atoms with Gasteiger partial charge < -0.3 is 14.8 Å². The topological polar surface area (TPSA) is 72.0 Å². The number of hydrogen-bond acceptors (Lipinski definition) is 4. The largest absolute Gasteiger partial charge is 0.493 e. The molecule has 0 aliphatic heterocycles. The first-order valence-electron chi connectivity index (χ1n) is 6.60. The fourth-order valence-electron chi connectivity index (χ4n) is 1.78. The van der Waals surface area contributed by atoms with E-state index in [2.05, 4.69) is 15.8 Å². The first-order valence-corrected chi connectivity index (χ1v) is 6.60. The molecule has 0 bridgehead atoms. The molecule has 0 atom stereocenters. The van der Waals surface area contributed by atoms with Crippen LogP contribution in [0, 0.1) is 0 Å². The molecule has 0 saturated carbocycles. The number of ether oxygens (including phenoxy) is 2. The van der Waals surface area contributed by atoms with Crippen molar-refractivity contribution in [2.75, 3.05) is 19.5 Å². The lowest BCUT2D eigenvalue weighted by molar-refractivity contribution is 0.252. The molecule has 0 aromatic heterocycles. The van der Waals surface area contributed by atoms with Crippen LogP contribution in [0.25, 0.3) is 0 Å². The number of hydrazone groups is 1. The van der Waals surface area contributed by atoms with E-state index in [4.69, 9.17) is 9.47 Å². The van der Waals surface area contributed by atoms with Gasteiger partial charge in [-0.05, 0) is 35.9 Å². The molecule has 0 aliphatic rings. The zero-order valence-electron chi connectivity index (χ0n) is 12.4. The third-order valence-electron chi connectivity index (χ3n) is 2.82. The monoisotopic (exact) mass is 299 g/mol. The summed E-state index contributed by atoms with van der Waals surface area (Å²) in [5.74, 6) is 1.23. The van der Waals surface area contributed by atoms with Crippen LogP contribution in [0.5, 0.6) is 11.5 Å². The highest BCUT2D eigenvalue weighted by molar-refractivity contribution is 5.90. The van der Waals surface area contributed by atoms with Crippen LogP contribution in [0.3, 0.4) is 0 Å². The summed E-state index contributed by atoms with van der Waals surface area (Å²) in [6.07, 6.45) is 1.52. The molecule has 2 amide bonds. The summed E-state index contributed by atoms with van der Waals surface area (Å²) in [5.41, 5.74) is 3.86. The predicted octanol–water partition coefficient (Wildman–Crippen LogP) is 2.86. The van der Waals surface area contributed by atoms with Crippen LogP contribution in [0.2, 0.25) is 0 Å². The third kappa shape index (κ3) is 4.24. The van der Waals surface area contributed by atoms with E-state index in [1.807, 2.05) is 24.3 Å². The second kappa shape index (κ2) is 7.68. The lowest BCUT2D eigenvalue weighted by Gasteiger charge is -2.07. The number of methoxy groups -OCH3 is 2. The van der Waals surface area contributed by atoms with Crippen molar-refractivity contribution >= 4 is 17.9 Å². The minimum Gasteiger partial charge on any atom is -0.493 e. The van der Waals surface area contributed by atoms with E-state index in [9.17, 15) is 4.79 Å². The summed E-state index contributed by atoms with van der Waals surface area (Å²) in [7, 11) is 3.13. The summed E-state index contributed by atoms with van der Waals surface area (Å²) in [6, 6.07) is 14.0. The highest BCUT2D eigenvalue weighted by Crippen LogP contribution is 2.26. The number of nitrogens with zero attached hydrogens (tertiary/aromatic N) is 1. The van der Waals surface area contributed by atoms with Crippen molar-refractivity contribution in [1.82, 2.24) is 5.43 Å². The number of anilines is 1. The molecule has 0 saturated heterocycles. The van der Waals surface area contributed by atoms with Gasteiger partial charge in [-0.1, -0.05) is 18.2 Å². The first kappa shape index (κ1) is 15.4. The zero-order chi connectivity index (χ0) is 15.8. The van der Waals surface area contributed by atoms with Gasteiger partial charge in [0, 0.05) is 5.69 Å². The average Bonchev–Trinajstić information content (AvgIpc) is 2.55. The van der Waals surface area contributed by atoms with Crippen LogP contribution < -0.4 is 20.2 Å². The van der Waals surface area contributed by atoms with Gasteiger partial charge >= 0.3 is 6.03 Å². The Bertz CT molecular complexity index is 657. The Hall–Kier alpha value is -3.02. The SMILES string of the molecule is COc1ccc(C=NNC(=O)Nc2ccccc2)cc1OC. The van der Waals surface area contributed by atoms with Gasteiger partial charge in [0.25, 0.3) is 0 Å². The van der Waals surface area contributed by atoms with E-state index in [0.717, 1.165) is 5.56 Å². The van der Waals surface area contributed by atoms with Crippen molar-refractivity contribution in [2.24, 2.45) is 5.10 Å². The predicted molar refractivity (Wildman–Crippen MR) is 85.7 cm³/mol. The maximum absolute atomic E-state index is 11.6. The molecule has 22 heavy (non-hydrogen) atoms. The second-order valence-electron chi connectivity index (χ2n) is 4.30. The minimum atomic E-state index is -0.414. The highest BCUT2D eigenvalue weighted by atomic mass is 16.5. The van der Waals surface area contributed by atoms with Crippen molar-refractivity contribution in [2.45, 2.75) is 0 Å². The number of amides is 2. The van der Waals surface area contributed by atoms with Crippen LogP contribution in [0.4, 0.5) is 10.5 Å². The molecule has 0 heterocycles. The summed E-state index contributed by atoms with van der Waals surface area (Å²) >= 11 is 0. The molecule has 2 rings (SSSR count). The zero-order valence-corrected chi connectivity index (χ0v) is 12.4. The number of benzene rings is 2. The van der Waals surface area contributed by atoms with Crippen molar-refractivity contribution in [3.05, 3.63) is 54.1 Å². The fourth-order valence-corrected chi connectivity index (χ4v) is 1.78. The molecular weight excluding hydrogens is 282 g/mol. The Morgan fingerprint density at radius 1 is 1.05 bits per heavy atom. The molecule has 114 valence electrons. The molecule has 0 fully saturated rings. The fraction of sp³-hybridized carbons (Fsp3) is 0.125. The standard InChI is InChI=1S/C16H17N3O3/c1-21-14-9-8-12(10-15(14)22-2)11-17-19-16(20)18-13-6-4-3-5-7-13/h3-11H,1-2H3,(H2,18,19,20). The summed E-state index contributed by atoms with van der Waals surface area (Å²) in [4.78, 5) is 11.6. The van der Waals surface area contributed by atoms with Crippen molar-refractivity contribution in [1.29, 1.82) is 0 Å². The molecule has 6 nitrogen and oxygen atoms in total. The van der Waals surface area contributed by atoms with Gasteiger partial charge in [-0.2, -0.15) is 5.10 Å². The average molecular weight is 299 g/mol. The van der Waals surface area contributed by atoms with E-state index in [-0.39, 0.29) is 0 Å². The van der Waals surface area contributed by atoms with Gasteiger partial charge in [-0.15, -0.1) is 0 Å². The number of carbonyl (C=O) groups is 1. The Morgan fingerprint density at radius 2 is 1.77 bits per heavy atom. The van der Waals surface area contributed by atoms with E-state index in [1.54, 1.807) is 38.5 Å². The van der Waals surface area contributed by atoms with Crippen molar-refractivity contribution in [3.8, 4) is 11.5 Å². The number of para-hydroxylation sites is 1. The molecule has 0 spiro atoms. The molecule has 0 aliphatic carbocycles. The molecule has 0 unspecified atom stereocenters. The molecule has 2 N–H and O–H groups in total. The maximum Gasteiger partial charge on any atom is 0.339 e. The number of urea groups is 1. The highest BCUT2D eigenvalue weighted by Gasteiger charge is 2.03. The van der Waals surface area contributed by atoms with Crippen LogP contribution >= 0.6 is 0 Å². The number of rotatable bonds is 5. The lowest BCUT2D eigenvalue weighted by Crippen LogP contribution is -2.24. The lowest BCUT2D eigenvalue weighted by atomic mass is 10.2. The van der Waals surface area contributed by atoms with Crippen LogP contribution in [-0.2, 0) is 0 Å². The van der Waals surface area contributed by atoms with E-state index in [0.29, 0.717) is 17.2 Å². The van der Waals surface area contributed by atoms with Gasteiger partial charge in [-0.25, -0.2) is 10.2 Å². The first-order chi connectivity index (χ1) is 10.7. The molecule has 0 radical (unpaired) electrons. The van der Waals surface area contributed by atoms with E-state index >= 15 is 0 Å². The maximum atomic E-state index is 11.6. The Kier molecular flexibility index (Phi) is 5.37. The summed E-state index contributed by atoms with van der Waals surface area (Å²) in [6.45, 7) is 0. The molecule has 2 aromatic rings. The van der Waals surface area contributed by atoms with Gasteiger partial charge in [-0.3, -0.25) is 0 Å².